The first-order valence-corrected chi connectivity index (χ1v) is 7.78. The van der Waals surface area contributed by atoms with Crippen molar-refractivity contribution in [1.82, 2.24) is 9.97 Å². The van der Waals surface area contributed by atoms with Crippen LogP contribution >= 0.6 is 0 Å². The van der Waals surface area contributed by atoms with Gasteiger partial charge in [-0.3, -0.25) is 4.79 Å². The SMILES string of the molecule is Cc1ncc(NC(=O)C2(c3ccccc3C)CCCC2)cn1. The highest BCUT2D eigenvalue weighted by molar-refractivity contribution is 5.99. The fourth-order valence-electron chi connectivity index (χ4n) is 3.41. The standard InChI is InChI=1S/C18H21N3O/c1-13-7-3-4-8-16(13)18(9-5-6-10-18)17(22)21-15-11-19-14(2)20-12-15/h3-4,7-8,11-12H,5-6,9-10H2,1-2H3,(H,21,22). The molecule has 1 heterocycles. The third kappa shape index (κ3) is 2.61. The zero-order valence-corrected chi connectivity index (χ0v) is 13.1. The Bertz CT molecular complexity index is 673. The molecule has 3 rings (SSSR count). The van der Waals surface area contributed by atoms with Crippen LogP contribution in [0.2, 0.25) is 0 Å². The Balaban J connectivity index is 1.92. The highest BCUT2D eigenvalue weighted by Gasteiger charge is 2.43. The van der Waals surface area contributed by atoms with Crippen molar-refractivity contribution in [3.63, 3.8) is 0 Å². The van der Waals surface area contributed by atoms with Crippen LogP contribution in [0.1, 0.15) is 42.6 Å². The zero-order valence-electron chi connectivity index (χ0n) is 13.1. The number of nitrogens with one attached hydrogen (secondary N) is 1. The van der Waals surface area contributed by atoms with Gasteiger partial charge in [0.1, 0.15) is 5.82 Å². The van der Waals surface area contributed by atoms with Crippen LogP contribution in [0, 0.1) is 13.8 Å². The number of hydrogen-bond donors (Lipinski definition) is 1. The predicted octanol–water partition coefficient (Wildman–Crippen LogP) is 3.54. The third-order valence-corrected chi connectivity index (χ3v) is 4.59. The van der Waals surface area contributed by atoms with Gasteiger partial charge in [0.25, 0.3) is 0 Å². The van der Waals surface area contributed by atoms with E-state index < -0.39 is 5.41 Å². The zero-order chi connectivity index (χ0) is 15.6. The first-order chi connectivity index (χ1) is 10.6. The van der Waals surface area contributed by atoms with Gasteiger partial charge in [0.15, 0.2) is 0 Å². The van der Waals surface area contributed by atoms with Crippen LogP contribution in [0.15, 0.2) is 36.7 Å². The van der Waals surface area contributed by atoms with E-state index in [9.17, 15) is 4.79 Å². The van der Waals surface area contributed by atoms with E-state index in [0.29, 0.717) is 11.5 Å². The molecule has 1 aromatic heterocycles. The number of benzene rings is 1. The van der Waals surface area contributed by atoms with Crippen molar-refractivity contribution in [3.05, 3.63) is 53.6 Å². The molecule has 0 unspecified atom stereocenters. The van der Waals surface area contributed by atoms with E-state index in [2.05, 4.69) is 34.3 Å². The number of amides is 1. The molecule has 4 heteroatoms. The second kappa shape index (κ2) is 5.87. The fraction of sp³-hybridized carbons (Fsp3) is 0.389. The molecular formula is C18H21N3O. The van der Waals surface area contributed by atoms with E-state index in [1.165, 1.54) is 5.56 Å². The topological polar surface area (TPSA) is 54.9 Å². The monoisotopic (exact) mass is 295 g/mol. The molecule has 0 saturated heterocycles. The lowest BCUT2D eigenvalue weighted by Crippen LogP contribution is -2.38. The van der Waals surface area contributed by atoms with Crippen molar-refractivity contribution >= 4 is 11.6 Å². The van der Waals surface area contributed by atoms with Crippen molar-refractivity contribution in [2.24, 2.45) is 0 Å². The van der Waals surface area contributed by atoms with Crippen molar-refractivity contribution in [3.8, 4) is 0 Å². The van der Waals surface area contributed by atoms with Gasteiger partial charge in [0.2, 0.25) is 5.91 Å². The number of aryl methyl sites for hydroxylation is 2. The molecule has 0 radical (unpaired) electrons. The molecule has 1 aliphatic carbocycles. The van der Waals surface area contributed by atoms with Crippen LogP contribution in [0.25, 0.3) is 0 Å². The highest BCUT2D eigenvalue weighted by atomic mass is 16.2. The summed E-state index contributed by atoms with van der Waals surface area (Å²) in [4.78, 5) is 21.3. The molecule has 2 aromatic rings. The summed E-state index contributed by atoms with van der Waals surface area (Å²) in [6.45, 7) is 3.91. The quantitative estimate of drug-likeness (QED) is 0.942. The molecule has 1 amide bonds. The van der Waals surface area contributed by atoms with Gasteiger partial charge in [-0.05, 0) is 37.8 Å². The Morgan fingerprint density at radius 1 is 1.09 bits per heavy atom. The number of carbonyl (C=O) groups is 1. The largest absolute Gasteiger partial charge is 0.323 e. The highest BCUT2D eigenvalue weighted by Crippen LogP contribution is 2.43. The Kier molecular flexibility index (Phi) is 3.92. The number of nitrogens with zero attached hydrogens (tertiary/aromatic N) is 2. The first kappa shape index (κ1) is 14.7. The summed E-state index contributed by atoms with van der Waals surface area (Å²) in [7, 11) is 0. The third-order valence-electron chi connectivity index (χ3n) is 4.59. The molecule has 22 heavy (non-hydrogen) atoms. The number of hydrogen-bond acceptors (Lipinski definition) is 3. The molecule has 1 fully saturated rings. The maximum Gasteiger partial charge on any atom is 0.235 e. The van der Waals surface area contributed by atoms with E-state index in [-0.39, 0.29) is 5.91 Å². The lowest BCUT2D eigenvalue weighted by atomic mass is 9.76. The lowest BCUT2D eigenvalue weighted by Gasteiger charge is -2.29. The number of rotatable bonds is 3. The smallest absolute Gasteiger partial charge is 0.235 e. The second-order valence-electron chi connectivity index (χ2n) is 6.08. The summed E-state index contributed by atoms with van der Waals surface area (Å²) >= 11 is 0. The Morgan fingerprint density at radius 3 is 2.36 bits per heavy atom. The van der Waals surface area contributed by atoms with Crippen molar-refractivity contribution < 1.29 is 4.79 Å². The lowest BCUT2D eigenvalue weighted by molar-refractivity contribution is -0.121. The van der Waals surface area contributed by atoms with E-state index >= 15 is 0 Å². The van der Waals surface area contributed by atoms with Gasteiger partial charge in [-0.15, -0.1) is 0 Å². The van der Waals surface area contributed by atoms with Gasteiger partial charge in [-0.25, -0.2) is 9.97 Å². The number of anilines is 1. The normalized spacial score (nSPS) is 16.5. The fourth-order valence-corrected chi connectivity index (χ4v) is 3.41. The van der Waals surface area contributed by atoms with Crippen LogP contribution in [0.4, 0.5) is 5.69 Å². The molecule has 0 bridgehead atoms. The molecule has 1 saturated carbocycles. The maximum absolute atomic E-state index is 13.0. The van der Waals surface area contributed by atoms with Gasteiger partial charge in [-0.2, -0.15) is 0 Å². The van der Waals surface area contributed by atoms with Crippen LogP contribution in [-0.4, -0.2) is 15.9 Å². The second-order valence-corrected chi connectivity index (χ2v) is 6.08. The minimum atomic E-state index is -0.420. The Hall–Kier alpha value is -2.23. The van der Waals surface area contributed by atoms with Crippen molar-refractivity contribution in [1.29, 1.82) is 0 Å². The van der Waals surface area contributed by atoms with E-state index in [1.54, 1.807) is 12.4 Å². The van der Waals surface area contributed by atoms with Crippen molar-refractivity contribution in [2.75, 3.05) is 5.32 Å². The van der Waals surface area contributed by atoms with Crippen LogP contribution in [0.5, 0.6) is 0 Å². The summed E-state index contributed by atoms with van der Waals surface area (Å²) in [6.07, 6.45) is 7.31. The van der Waals surface area contributed by atoms with Gasteiger partial charge < -0.3 is 5.32 Å². The van der Waals surface area contributed by atoms with Gasteiger partial charge in [-0.1, -0.05) is 37.1 Å². The molecule has 0 aliphatic heterocycles. The molecule has 0 spiro atoms. The summed E-state index contributed by atoms with van der Waals surface area (Å²) in [5.74, 6) is 0.763. The van der Waals surface area contributed by atoms with Crippen molar-refractivity contribution in [2.45, 2.75) is 44.9 Å². The number of carbonyl (C=O) groups excluding carboxylic acids is 1. The van der Waals surface area contributed by atoms with Crippen LogP contribution in [0.3, 0.4) is 0 Å². The van der Waals surface area contributed by atoms with E-state index in [1.807, 2.05) is 19.1 Å². The van der Waals surface area contributed by atoms with E-state index in [4.69, 9.17) is 0 Å². The maximum atomic E-state index is 13.0. The summed E-state index contributed by atoms with van der Waals surface area (Å²) in [5.41, 5.74) is 2.57. The number of aromatic nitrogens is 2. The van der Waals surface area contributed by atoms with Gasteiger partial charge in [0, 0.05) is 0 Å². The molecule has 0 atom stereocenters. The van der Waals surface area contributed by atoms with Crippen LogP contribution < -0.4 is 5.32 Å². The molecule has 1 N–H and O–H groups in total. The first-order valence-electron chi connectivity index (χ1n) is 7.78. The van der Waals surface area contributed by atoms with Gasteiger partial charge >= 0.3 is 0 Å². The van der Waals surface area contributed by atoms with E-state index in [0.717, 1.165) is 31.2 Å². The summed E-state index contributed by atoms with van der Waals surface area (Å²) in [5, 5.41) is 3.01. The Labute approximate surface area is 131 Å². The Morgan fingerprint density at radius 2 is 1.73 bits per heavy atom. The molecule has 1 aromatic carbocycles. The summed E-state index contributed by atoms with van der Waals surface area (Å²) in [6, 6.07) is 8.21. The molecule has 4 nitrogen and oxygen atoms in total. The van der Waals surface area contributed by atoms with Crippen LogP contribution in [-0.2, 0) is 10.2 Å². The molecular weight excluding hydrogens is 274 g/mol. The minimum Gasteiger partial charge on any atom is -0.323 e. The minimum absolute atomic E-state index is 0.0618. The molecule has 1 aliphatic rings. The molecule has 114 valence electrons. The predicted molar refractivity (Wildman–Crippen MR) is 86.7 cm³/mol. The summed E-state index contributed by atoms with van der Waals surface area (Å²) < 4.78 is 0. The average molecular weight is 295 g/mol. The average Bonchev–Trinajstić information content (AvgIpc) is 3.01. The van der Waals surface area contributed by atoms with Gasteiger partial charge in [0.05, 0.1) is 23.5 Å².